The number of nitrogens with zero attached hydrogens (tertiary/aromatic N) is 2. The van der Waals surface area contributed by atoms with Crippen LogP contribution in [0.25, 0.3) is 0 Å². The summed E-state index contributed by atoms with van der Waals surface area (Å²) in [7, 11) is 0. The molecule has 0 aromatic carbocycles. The van der Waals surface area contributed by atoms with E-state index in [9.17, 15) is 28.0 Å². The minimum atomic E-state index is -2.54. The number of halogens is 2. The van der Waals surface area contributed by atoms with Gasteiger partial charge in [0.1, 0.15) is 11.6 Å². The molecule has 1 aliphatic carbocycles. The van der Waals surface area contributed by atoms with Gasteiger partial charge in [0.25, 0.3) is 11.1 Å². The van der Waals surface area contributed by atoms with Crippen LogP contribution in [0.15, 0.2) is 19.2 Å². The molecule has 5 heterocycles. The van der Waals surface area contributed by atoms with Crippen molar-refractivity contribution in [3.63, 3.8) is 0 Å². The normalized spacial score (nSPS) is 23.7. The van der Waals surface area contributed by atoms with E-state index in [1.165, 1.54) is 9.13 Å². The molecular formula is C33H50F2N6O5. The second-order valence-electron chi connectivity index (χ2n) is 13.9. The first-order valence-electron chi connectivity index (χ1n) is 17.1. The van der Waals surface area contributed by atoms with Crippen LogP contribution in [-0.2, 0) is 17.6 Å². The number of nitrogens with one attached hydrogen (secondary N) is 4. The van der Waals surface area contributed by atoms with Gasteiger partial charge in [-0.1, -0.05) is 6.92 Å². The van der Waals surface area contributed by atoms with Gasteiger partial charge in [-0.3, -0.25) is 28.7 Å². The number of aromatic amines is 2. The molecule has 11 nitrogen and oxygen atoms in total. The monoisotopic (exact) mass is 648 g/mol. The summed E-state index contributed by atoms with van der Waals surface area (Å²) in [6.07, 6.45) is 7.81. The Labute approximate surface area is 267 Å². The Hall–Kier alpha value is -3.22. The molecule has 0 radical (unpaired) electrons. The molecule has 46 heavy (non-hydrogen) atoms. The molecule has 4 aliphatic rings. The van der Waals surface area contributed by atoms with Crippen LogP contribution in [0.1, 0.15) is 115 Å². The quantitative estimate of drug-likeness (QED) is 0.355. The molecule has 0 unspecified atom stereocenters. The minimum Gasteiger partial charge on any atom is -0.381 e. The van der Waals surface area contributed by atoms with Gasteiger partial charge in [-0.15, -0.1) is 0 Å². The van der Waals surface area contributed by atoms with Gasteiger partial charge in [0.2, 0.25) is 5.92 Å². The molecule has 1 saturated carbocycles. The molecule has 4 N–H and O–H groups in total. The van der Waals surface area contributed by atoms with E-state index in [-0.39, 0.29) is 53.7 Å². The van der Waals surface area contributed by atoms with Gasteiger partial charge >= 0.3 is 11.4 Å². The predicted molar refractivity (Wildman–Crippen MR) is 175 cm³/mol. The van der Waals surface area contributed by atoms with Gasteiger partial charge in [0, 0.05) is 50.2 Å². The highest BCUT2D eigenvalue weighted by molar-refractivity contribution is 5.47. The van der Waals surface area contributed by atoms with Gasteiger partial charge < -0.3 is 15.4 Å². The van der Waals surface area contributed by atoms with Crippen LogP contribution < -0.4 is 33.1 Å². The molecule has 256 valence electrons. The van der Waals surface area contributed by atoms with Crippen molar-refractivity contribution in [3.8, 4) is 0 Å². The highest BCUT2D eigenvalue weighted by Crippen LogP contribution is 2.39. The lowest BCUT2D eigenvalue weighted by Gasteiger charge is -2.37. The largest absolute Gasteiger partial charge is 0.381 e. The summed E-state index contributed by atoms with van der Waals surface area (Å²) < 4.78 is 34.6. The summed E-state index contributed by atoms with van der Waals surface area (Å²) in [6, 6.07) is 0.106. The van der Waals surface area contributed by atoms with E-state index in [0.29, 0.717) is 54.8 Å². The van der Waals surface area contributed by atoms with Crippen molar-refractivity contribution in [2.45, 2.75) is 135 Å². The number of alkyl halides is 2. The van der Waals surface area contributed by atoms with Crippen LogP contribution >= 0.6 is 0 Å². The lowest BCUT2D eigenvalue weighted by molar-refractivity contribution is -0.0478. The number of H-pyrrole nitrogens is 2. The highest BCUT2D eigenvalue weighted by Gasteiger charge is 2.39. The number of fused-ring (bicyclic) bond motifs is 2. The van der Waals surface area contributed by atoms with Crippen LogP contribution in [0.3, 0.4) is 0 Å². The zero-order valence-electron chi connectivity index (χ0n) is 27.6. The second kappa shape index (κ2) is 14.3. The van der Waals surface area contributed by atoms with E-state index in [0.717, 1.165) is 57.3 Å². The van der Waals surface area contributed by atoms with Crippen molar-refractivity contribution >= 4 is 11.6 Å². The molecular weight excluding hydrogens is 598 g/mol. The summed E-state index contributed by atoms with van der Waals surface area (Å²) >= 11 is 0. The summed E-state index contributed by atoms with van der Waals surface area (Å²) in [5.41, 5.74) is 0.216. The Morgan fingerprint density at radius 3 is 1.98 bits per heavy atom. The molecule has 2 aromatic rings. The average molecular weight is 649 g/mol. The molecule has 0 spiro atoms. The van der Waals surface area contributed by atoms with E-state index in [1.807, 2.05) is 27.7 Å². The second-order valence-corrected chi connectivity index (χ2v) is 13.9. The molecule has 3 atom stereocenters. The van der Waals surface area contributed by atoms with Crippen LogP contribution in [0.4, 0.5) is 20.4 Å². The van der Waals surface area contributed by atoms with Gasteiger partial charge in [-0.25, -0.2) is 18.4 Å². The standard InChI is InChI=1S/C17H25F2N3O2.C16H25N3O3/c1-3-10(2)22-15(23)12-4-5-13(20-14(12)21-16(22)24)11-6-8-17(18,19)9-7-11;1-10(2)19-15(20)13-4-3-12(17-14(13)18-16(19)21)9-11-5-7-22-8-6-11/h10-11,13,20H,3-9H2,1-2H3,(H,21,24);10-12,17H,3-9H2,1-2H3,(H,18,21)/t10-,13-;12-/m11/s1. The van der Waals surface area contributed by atoms with Crippen LogP contribution in [0.2, 0.25) is 0 Å². The van der Waals surface area contributed by atoms with Crippen LogP contribution in [0.5, 0.6) is 0 Å². The first-order valence-corrected chi connectivity index (χ1v) is 17.1. The maximum Gasteiger partial charge on any atom is 0.330 e. The Bertz CT molecular complexity index is 1600. The lowest BCUT2D eigenvalue weighted by atomic mass is 9.79. The average Bonchev–Trinajstić information content (AvgIpc) is 3.01. The maximum atomic E-state index is 13.3. The van der Waals surface area contributed by atoms with Crippen LogP contribution in [-0.4, -0.2) is 50.3 Å². The number of anilines is 2. The third-order valence-corrected chi connectivity index (χ3v) is 10.4. The van der Waals surface area contributed by atoms with Crippen molar-refractivity contribution in [1.29, 1.82) is 0 Å². The Balaban J connectivity index is 0.000000182. The number of ether oxygens (including phenoxy) is 1. The fourth-order valence-electron chi connectivity index (χ4n) is 7.47. The van der Waals surface area contributed by atoms with Crippen molar-refractivity contribution < 1.29 is 13.5 Å². The fourth-order valence-corrected chi connectivity index (χ4v) is 7.47. The molecule has 2 aromatic heterocycles. The smallest absolute Gasteiger partial charge is 0.330 e. The molecule has 3 aliphatic heterocycles. The van der Waals surface area contributed by atoms with E-state index in [1.54, 1.807) is 0 Å². The molecule has 1 saturated heterocycles. The first-order chi connectivity index (χ1) is 21.9. The third-order valence-electron chi connectivity index (χ3n) is 10.4. The summed E-state index contributed by atoms with van der Waals surface area (Å²) in [5.74, 6) is -0.580. The summed E-state index contributed by atoms with van der Waals surface area (Å²) in [5, 5.41) is 6.63. The number of rotatable bonds is 6. The molecule has 0 bridgehead atoms. The summed E-state index contributed by atoms with van der Waals surface area (Å²) in [6.45, 7) is 9.20. The summed E-state index contributed by atoms with van der Waals surface area (Å²) in [4.78, 5) is 55.1. The Kier molecular flexibility index (Phi) is 10.6. The lowest BCUT2D eigenvalue weighted by Crippen LogP contribution is -2.44. The van der Waals surface area contributed by atoms with Crippen molar-refractivity contribution in [2.75, 3.05) is 23.8 Å². The fraction of sp³-hybridized carbons (Fsp3) is 0.758. The third kappa shape index (κ3) is 7.50. The number of aromatic nitrogens is 4. The molecule has 6 rings (SSSR count). The SMILES string of the molecule is CC(C)n1c(=O)[nH]c2c(c1=O)CC[C@H](CC1CCOCC1)N2.CC[C@@H](C)n1c(=O)[nH]c2c(c1=O)CC[C@H](C1CCC(F)(F)CC1)N2. The van der Waals surface area contributed by atoms with E-state index in [2.05, 4.69) is 20.6 Å². The van der Waals surface area contributed by atoms with Gasteiger partial charge in [0.05, 0.1) is 11.1 Å². The van der Waals surface area contributed by atoms with Gasteiger partial charge in [-0.2, -0.15) is 0 Å². The topological polar surface area (TPSA) is 143 Å². The first kappa shape index (κ1) is 34.1. The Morgan fingerprint density at radius 1 is 0.804 bits per heavy atom. The van der Waals surface area contributed by atoms with Crippen molar-refractivity contribution in [1.82, 2.24) is 19.1 Å². The van der Waals surface area contributed by atoms with Crippen LogP contribution in [0, 0.1) is 11.8 Å². The minimum absolute atomic E-state index is 0.0445. The zero-order valence-corrected chi connectivity index (χ0v) is 27.6. The molecule has 0 amide bonds. The highest BCUT2D eigenvalue weighted by atomic mass is 19.3. The number of hydrogen-bond donors (Lipinski definition) is 4. The predicted octanol–water partition coefficient (Wildman–Crippen LogP) is 4.72. The van der Waals surface area contributed by atoms with Gasteiger partial charge in [-0.05, 0) is 96.8 Å². The Morgan fingerprint density at radius 2 is 1.37 bits per heavy atom. The van der Waals surface area contributed by atoms with E-state index >= 15 is 0 Å². The van der Waals surface area contributed by atoms with E-state index in [4.69, 9.17) is 4.74 Å². The maximum absolute atomic E-state index is 13.3. The zero-order chi connectivity index (χ0) is 33.2. The molecule has 2 fully saturated rings. The van der Waals surface area contributed by atoms with E-state index < -0.39 is 11.6 Å². The number of hydrogen-bond acceptors (Lipinski definition) is 7. The molecule has 13 heteroatoms. The van der Waals surface area contributed by atoms with Gasteiger partial charge in [0.15, 0.2) is 0 Å². The van der Waals surface area contributed by atoms with Crippen molar-refractivity contribution in [3.05, 3.63) is 52.8 Å². The van der Waals surface area contributed by atoms with Crippen molar-refractivity contribution in [2.24, 2.45) is 11.8 Å².